The lowest BCUT2D eigenvalue weighted by Gasteiger charge is -2.40. The van der Waals surface area contributed by atoms with Gasteiger partial charge in [-0.1, -0.05) is 49.3 Å². The van der Waals surface area contributed by atoms with Crippen LogP contribution in [0.25, 0.3) is 0 Å². The van der Waals surface area contributed by atoms with Gasteiger partial charge < -0.3 is 0 Å². The van der Waals surface area contributed by atoms with Crippen molar-refractivity contribution in [1.82, 2.24) is 0 Å². The molecule has 3 rings (SSSR count). The summed E-state index contributed by atoms with van der Waals surface area (Å²) in [6, 6.07) is 0. The number of rotatable bonds is 4. The van der Waals surface area contributed by atoms with Crippen LogP contribution in [0.2, 0.25) is 0 Å². The van der Waals surface area contributed by atoms with Gasteiger partial charge in [-0.2, -0.15) is 0 Å². The fourth-order valence-electron chi connectivity index (χ4n) is 5.88. The molecule has 2 heteroatoms. The van der Waals surface area contributed by atoms with E-state index < -0.39 is 0 Å². The van der Waals surface area contributed by atoms with Crippen molar-refractivity contribution in [3.63, 3.8) is 0 Å². The predicted octanol–water partition coefficient (Wildman–Crippen LogP) is 5.86. The summed E-state index contributed by atoms with van der Waals surface area (Å²) in [6.07, 6.45) is 16.0. The van der Waals surface area contributed by atoms with Crippen LogP contribution in [0.15, 0.2) is 47.1 Å². The van der Waals surface area contributed by atoms with Gasteiger partial charge in [0.25, 0.3) is 0 Å². The van der Waals surface area contributed by atoms with Gasteiger partial charge in [0.15, 0.2) is 5.78 Å². The van der Waals surface area contributed by atoms with Gasteiger partial charge in [0, 0.05) is 0 Å². The van der Waals surface area contributed by atoms with Crippen LogP contribution in [0, 0.1) is 35.0 Å². The van der Waals surface area contributed by atoms with E-state index in [1.165, 1.54) is 24.0 Å². The molecule has 0 saturated heterocycles. The number of aldehydes is 1. The first kappa shape index (κ1) is 20.0. The Labute approximate surface area is 164 Å². The molecule has 6 unspecified atom stereocenters. The largest absolute Gasteiger partial charge is 0.298 e. The highest BCUT2D eigenvalue weighted by molar-refractivity contribution is 6.01. The molecule has 27 heavy (non-hydrogen) atoms. The van der Waals surface area contributed by atoms with Crippen molar-refractivity contribution >= 4 is 12.1 Å². The minimum absolute atomic E-state index is 0.130. The number of allylic oxidation sites excluding steroid dienone is 8. The highest BCUT2D eigenvalue weighted by atomic mass is 16.1. The molecule has 0 aliphatic heterocycles. The lowest BCUT2D eigenvalue weighted by Crippen LogP contribution is -2.34. The molecule has 3 aliphatic rings. The monoisotopic (exact) mass is 366 g/mol. The van der Waals surface area contributed by atoms with Crippen molar-refractivity contribution in [3.05, 3.63) is 47.1 Å². The number of hydrogen-bond acceptors (Lipinski definition) is 2. The smallest absolute Gasteiger partial charge is 0.163 e. The number of carbonyl (C=O) groups excluding carboxylic acids is 2. The topological polar surface area (TPSA) is 34.1 Å². The minimum Gasteiger partial charge on any atom is -0.298 e. The molecule has 0 radical (unpaired) electrons. The summed E-state index contributed by atoms with van der Waals surface area (Å²) in [4.78, 5) is 24.3. The Morgan fingerprint density at radius 3 is 2.74 bits per heavy atom. The summed E-state index contributed by atoms with van der Waals surface area (Å²) in [6.45, 7) is 11.1. The SMILES string of the molecule is CC(C)=CC=CC(C)C1CCC2(C)CC3C(C)=CC(=O)C3C(C=O)=CCC12. The van der Waals surface area contributed by atoms with Crippen molar-refractivity contribution in [2.24, 2.45) is 35.0 Å². The number of hydrogen-bond donors (Lipinski definition) is 0. The van der Waals surface area contributed by atoms with Crippen molar-refractivity contribution in [2.45, 2.75) is 60.3 Å². The van der Waals surface area contributed by atoms with Gasteiger partial charge >= 0.3 is 0 Å². The van der Waals surface area contributed by atoms with Crippen molar-refractivity contribution in [3.8, 4) is 0 Å². The summed E-state index contributed by atoms with van der Waals surface area (Å²) >= 11 is 0. The zero-order chi connectivity index (χ0) is 19.8. The Morgan fingerprint density at radius 2 is 2.07 bits per heavy atom. The maximum absolute atomic E-state index is 12.5. The molecule has 0 aromatic rings. The Hall–Kier alpha value is -1.70. The molecule has 146 valence electrons. The Kier molecular flexibility index (Phi) is 5.74. The van der Waals surface area contributed by atoms with Gasteiger partial charge in [0.1, 0.15) is 6.29 Å². The standard InChI is InChI=1S/C25H34O2/c1-16(2)7-6-8-17(3)20-11-12-25(5)14-21-18(4)13-23(27)24(21)19(15-26)9-10-22(20)25/h6-9,13,15,17,20-22,24H,10-12,14H2,1-5H3. The van der Waals surface area contributed by atoms with Crippen LogP contribution >= 0.6 is 0 Å². The first-order valence-electron chi connectivity index (χ1n) is 10.5. The first-order chi connectivity index (χ1) is 12.8. The van der Waals surface area contributed by atoms with E-state index in [4.69, 9.17) is 0 Å². The Balaban J connectivity index is 1.90. The number of carbonyl (C=O) groups is 2. The maximum Gasteiger partial charge on any atom is 0.163 e. The summed E-state index contributed by atoms with van der Waals surface area (Å²) in [7, 11) is 0. The molecule has 1 saturated carbocycles. The molecule has 0 N–H and O–H groups in total. The van der Waals surface area contributed by atoms with Crippen molar-refractivity contribution < 1.29 is 9.59 Å². The van der Waals surface area contributed by atoms with Gasteiger partial charge in [0.05, 0.1) is 5.92 Å². The maximum atomic E-state index is 12.5. The van der Waals surface area contributed by atoms with Crippen LogP contribution in [0.1, 0.15) is 60.3 Å². The zero-order valence-electron chi connectivity index (χ0n) is 17.5. The second kappa shape index (κ2) is 7.73. The fourth-order valence-corrected chi connectivity index (χ4v) is 5.88. The van der Waals surface area contributed by atoms with E-state index in [1.54, 1.807) is 6.08 Å². The van der Waals surface area contributed by atoms with Crippen LogP contribution < -0.4 is 0 Å². The van der Waals surface area contributed by atoms with Gasteiger partial charge in [0.2, 0.25) is 0 Å². The highest BCUT2D eigenvalue weighted by Crippen LogP contribution is 2.58. The molecule has 0 amide bonds. The molecule has 0 aromatic carbocycles. The molecule has 2 nitrogen and oxygen atoms in total. The molecule has 3 aliphatic carbocycles. The van der Waals surface area contributed by atoms with Gasteiger partial charge in [-0.05, 0) is 87.2 Å². The summed E-state index contributed by atoms with van der Waals surface area (Å²) in [5, 5.41) is 0. The summed E-state index contributed by atoms with van der Waals surface area (Å²) in [5.74, 6) is 1.84. The molecule has 0 bridgehead atoms. The highest BCUT2D eigenvalue weighted by Gasteiger charge is 2.50. The molecular weight excluding hydrogens is 332 g/mol. The van der Waals surface area contributed by atoms with Crippen LogP contribution in [-0.4, -0.2) is 12.1 Å². The van der Waals surface area contributed by atoms with Crippen molar-refractivity contribution in [1.29, 1.82) is 0 Å². The quantitative estimate of drug-likeness (QED) is 0.461. The van der Waals surface area contributed by atoms with Gasteiger partial charge in [-0.3, -0.25) is 9.59 Å². The van der Waals surface area contributed by atoms with E-state index >= 15 is 0 Å². The van der Waals surface area contributed by atoms with Crippen LogP contribution in [-0.2, 0) is 9.59 Å². The summed E-state index contributed by atoms with van der Waals surface area (Å²) in [5.41, 5.74) is 3.45. The molecule has 1 fully saturated rings. The third kappa shape index (κ3) is 3.81. The molecule has 0 aromatic heterocycles. The lowest BCUT2D eigenvalue weighted by atomic mass is 9.63. The molecule has 0 spiro atoms. The van der Waals surface area contributed by atoms with Gasteiger partial charge in [-0.15, -0.1) is 0 Å². The van der Waals surface area contributed by atoms with Crippen molar-refractivity contribution in [2.75, 3.05) is 0 Å². The first-order valence-corrected chi connectivity index (χ1v) is 10.5. The third-order valence-electron chi connectivity index (χ3n) is 7.43. The van der Waals surface area contributed by atoms with E-state index in [0.717, 1.165) is 24.7 Å². The minimum atomic E-state index is -0.227. The molecule has 6 atom stereocenters. The molecular formula is C25H34O2. The average Bonchev–Trinajstić information content (AvgIpc) is 3.04. The molecule has 0 heterocycles. The second-order valence-corrected chi connectivity index (χ2v) is 9.59. The van der Waals surface area contributed by atoms with Crippen LogP contribution in [0.5, 0.6) is 0 Å². The van der Waals surface area contributed by atoms with E-state index in [2.05, 4.69) is 58.9 Å². The second-order valence-electron chi connectivity index (χ2n) is 9.59. The average molecular weight is 367 g/mol. The van der Waals surface area contributed by atoms with E-state index in [1.807, 2.05) is 0 Å². The Bertz CT molecular complexity index is 731. The fraction of sp³-hybridized carbons (Fsp3) is 0.600. The zero-order valence-corrected chi connectivity index (χ0v) is 17.5. The predicted molar refractivity (Wildman–Crippen MR) is 111 cm³/mol. The van der Waals surface area contributed by atoms with E-state index in [9.17, 15) is 9.59 Å². The van der Waals surface area contributed by atoms with Crippen LogP contribution in [0.4, 0.5) is 0 Å². The Morgan fingerprint density at radius 1 is 1.33 bits per heavy atom. The van der Waals surface area contributed by atoms with Gasteiger partial charge in [-0.25, -0.2) is 0 Å². The normalized spacial score (nSPS) is 37.0. The van der Waals surface area contributed by atoms with E-state index in [0.29, 0.717) is 17.8 Å². The third-order valence-corrected chi connectivity index (χ3v) is 7.43. The number of ketones is 1. The summed E-state index contributed by atoms with van der Waals surface area (Å²) < 4.78 is 0. The lowest BCUT2D eigenvalue weighted by molar-refractivity contribution is -0.119. The number of fused-ring (bicyclic) bond motifs is 2. The van der Waals surface area contributed by atoms with Crippen LogP contribution in [0.3, 0.4) is 0 Å². The van der Waals surface area contributed by atoms with E-state index in [-0.39, 0.29) is 23.0 Å².